The number of aromatic nitrogens is 3. The maximum Gasteiger partial charge on any atom is 0.273 e. The lowest BCUT2D eigenvalue weighted by Crippen LogP contribution is -2.25. The van der Waals surface area contributed by atoms with Crippen molar-refractivity contribution in [1.82, 2.24) is 25.0 Å². The Morgan fingerprint density at radius 3 is 3.03 bits per heavy atom. The fourth-order valence-corrected chi connectivity index (χ4v) is 3.66. The molecule has 3 aromatic heterocycles. The normalized spacial score (nSPS) is 15.4. The first-order valence-electron chi connectivity index (χ1n) is 10.4. The summed E-state index contributed by atoms with van der Waals surface area (Å²) in [6, 6.07) is 6.00. The van der Waals surface area contributed by atoms with E-state index in [4.69, 9.17) is 10.3 Å². The minimum absolute atomic E-state index is 0.0165. The van der Waals surface area contributed by atoms with Crippen LogP contribution in [0.3, 0.4) is 0 Å². The van der Waals surface area contributed by atoms with Gasteiger partial charge in [0.25, 0.3) is 5.91 Å². The second-order valence-electron chi connectivity index (χ2n) is 7.82. The summed E-state index contributed by atoms with van der Waals surface area (Å²) in [5, 5.41) is 9.10. The van der Waals surface area contributed by atoms with Crippen molar-refractivity contribution in [3.8, 4) is 5.75 Å². The summed E-state index contributed by atoms with van der Waals surface area (Å²) >= 11 is 0. The summed E-state index contributed by atoms with van der Waals surface area (Å²) in [5.41, 5.74) is 12.2. The van der Waals surface area contributed by atoms with Crippen LogP contribution in [0.2, 0.25) is 0 Å². The van der Waals surface area contributed by atoms with Crippen molar-refractivity contribution in [3.05, 3.63) is 71.2 Å². The molecule has 1 aliphatic heterocycles. The molecule has 3 aromatic rings. The Morgan fingerprint density at radius 2 is 2.19 bits per heavy atom. The van der Waals surface area contributed by atoms with Crippen molar-refractivity contribution in [1.29, 1.82) is 5.53 Å². The lowest BCUT2D eigenvalue weighted by Gasteiger charge is -2.06. The van der Waals surface area contributed by atoms with E-state index in [9.17, 15) is 4.79 Å². The smallest absolute Gasteiger partial charge is 0.273 e. The van der Waals surface area contributed by atoms with E-state index < -0.39 is 5.91 Å². The first-order valence-corrected chi connectivity index (χ1v) is 10.4. The number of nitrogens with one attached hydrogen (secondary N) is 3. The molecule has 0 spiro atoms. The molecule has 9 nitrogen and oxygen atoms in total. The lowest BCUT2D eigenvalue weighted by molar-refractivity contribution is -0.117. The van der Waals surface area contributed by atoms with Crippen LogP contribution in [-0.2, 0) is 24.3 Å². The number of imidazole rings is 1. The Hall–Kier alpha value is -3.75. The number of hydrogen-bond donors (Lipinski definition) is 3. The Labute approximate surface area is 179 Å². The van der Waals surface area contributed by atoms with Crippen LogP contribution in [0.5, 0.6) is 5.75 Å². The molecule has 1 amide bonds. The maximum atomic E-state index is 12.4. The number of carbonyl (C=O) groups is 1. The van der Waals surface area contributed by atoms with Gasteiger partial charge in [-0.15, -0.1) is 0 Å². The number of pyridine rings is 2. The highest BCUT2D eigenvalue weighted by atomic mass is 16.5. The number of rotatable bonds is 8. The van der Waals surface area contributed by atoms with E-state index in [0.29, 0.717) is 24.8 Å². The SMILES string of the molecule is N=N/C(=C\NCc1cn2cc(C3CC3)ccc2n1)C(=O)NCc1cc2c(cn1)CCO2. The van der Waals surface area contributed by atoms with Gasteiger partial charge in [0, 0.05) is 42.8 Å². The molecule has 1 saturated carbocycles. The summed E-state index contributed by atoms with van der Waals surface area (Å²) in [6.45, 7) is 1.33. The molecule has 0 bridgehead atoms. The van der Waals surface area contributed by atoms with Gasteiger partial charge in [0.1, 0.15) is 11.4 Å². The van der Waals surface area contributed by atoms with Crippen molar-refractivity contribution < 1.29 is 9.53 Å². The third kappa shape index (κ3) is 4.25. The zero-order valence-electron chi connectivity index (χ0n) is 17.0. The molecular formula is C22H23N7O2. The number of amides is 1. The summed E-state index contributed by atoms with van der Waals surface area (Å²) in [7, 11) is 0. The van der Waals surface area contributed by atoms with Gasteiger partial charge in [0.05, 0.1) is 31.1 Å². The predicted octanol–water partition coefficient (Wildman–Crippen LogP) is 2.82. The second kappa shape index (κ2) is 8.17. The molecular weight excluding hydrogens is 394 g/mol. The molecule has 9 heteroatoms. The quantitative estimate of drug-likeness (QED) is 0.385. The fourth-order valence-electron chi connectivity index (χ4n) is 3.66. The van der Waals surface area contributed by atoms with Gasteiger partial charge in [-0.2, -0.15) is 5.11 Å². The lowest BCUT2D eigenvalue weighted by atomic mass is 10.2. The predicted molar refractivity (Wildman–Crippen MR) is 113 cm³/mol. The maximum absolute atomic E-state index is 12.4. The van der Waals surface area contributed by atoms with E-state index in [1.165, 1.54) is 24.6 Å². The fraction of sp³-hybridized carbons (Fsp3) is 0.318. The molecule has 0 saturated heterocycles. The van der Waals surface area contributed by atoms with Gasteiger partial charge >= 0.3 is 0 Å². The van der Waals surface area contributed by atoms with Crippen LogP contribution in [0, 0.1) is 5.53 Å². The average molecular weight is 417 g/mol. The van der Waals surface area contributed by atoms with Gasteiger partial charge in [-0.3, -0.25) is 9.78 Å². The topological polar surface area (TPSA) is 117 Å². The molecule has 0 radical (unpaired) electrons. The number of carbonyl (C=O) groups excluding carboxylic acids is 1. The van der Waals surface area contributed by atoms with Crippen molar-refractivity contribution in [2.75, 3.05) is 6.61 Å². The van der Waals surface area contributed by atoms with E-state index >= 15 is 0 Å². The largest absolute Gasteiger partial charge is 0.493 e. The summed E-state index contributed by atoms with van der Waals surface area (Å²) in [5.74, 6) is 1.06. The van der Waals surface area contributed by atoms with E-state index in [-0.39, 0.29) is 12.2 Å². The van der Waals surface area contributed by atoms with Gasteiger partial charge in [0.2, 0.25) is 0 Å². The van der Waals surface area contributed by atoms with Crippen molar-refractivity contribution in [2.24, 2.45) is 5.11 Å². The third-order valence-electron chi connectivity index (χ3n) is 5.51. The van der Waals surface area contributed by atoms with Crippen LogP contribution in [0.1, 0.15) is 41.3 Å². The molecule has 0 unspecified atom stereocenters. The van der Waals surface area contributed by atoms with Crippen LogP contribution in [-0.4, -0.2) is 26.9 Å². The Balaban J connectivity index is 1.17. The Bertz CT molecular complexity index is 1180. The van der Waals surface area contributed by atoms with Gasteiger partial charge < -0.3 is 19.8 Å². The summed E-state index contributed by atoms with van der Waals surface area (Å²) < 4.78 is 7.55. The van der Waals surface area contributed by atoms with Gasteiger partial charge in [-0.05, 0) is 30.4 Å². The molecule has 158 valence electrons. The summed E-state index contributed by atoms with van der Waals surface area (Å²) in [4.78, 5) is 21.3. The van der Waals surface area contributed by atoms with Crippen molar-refractivity contribution in [2.45, 2.75) is 38.3 Å². The van der Waals surface area contributed by atoms with E-state index in [1.54, 1.807) is 6.20 Å². The Morgan fingerprint density at radius 1 is 1.29 bits per heavy atom. The summed E-state index contributed by atoms with van der Waals surface area (Å²) in [6.07, 6.45) is 10.7. The zero-order chi connectivity index (χ0) is 21.2. The number of ether oxygens (including phenoxy) is 1. The van der Waals surface area contributed by atoms with Crippen molar-refractivity contribution in [3.63, 3.8) is 0 Å². The average Bonchev–Trinajstić information content (AvgIpc) is 3.39. The molecule has 31 heavy (non-hydrogen) atoms. The van der Waals surface area contributed by atoms with E-state index in [0.717, 1.165) is 29.1 Å². The number of nitrogens with zero attached hydrogens (tertiary/aromatic N) is 4. The monoisotopic (exact) mass is 417 g/mol. The second-order valence-corrected chi connectivity index (χ2v) is 7.82. The van der Waals surface area contributed by atoms with Crippen molar-refractivity contribution >= 4 is 11.6 Å². The molecule has 2 aliphatic rings. The standard InChI is InChI=1S/C22H23N7O2/c23-28-19(22(30)26-10-17-7-20-15(8-25-17)5-6-31-20)11-24-9-18-13-29-12-16(14-1-2-14)3-4-21(29)27-18/h3-4,7-8,11-14,23-24H,1-2,5-6,9-10H2,(H,26,30)/b19-11-,28-23?. The van der Waals surface area contributed by atoms with Crippen LogP contribution in [0.25, 0.3) is 5.65 Å². The van der Waals surface area contributed by atoms with Crippen LogP contribution >= 0.6 is 0 Å². The van der Waals surface area contributed by atoms with Gasteiger partial charge in [-0.25, -0.2) is 10.5 Å². The van der Waals surface area contributed by atoms with Gasteiger partial charge in [0.15, 0.2) is 5.70 Å². The highest BCUT2D eigenvalue weighted by Gasteiger charge is 2.23. The third-order valence-corrected chi connectivity index (χ3v) is 5.51. The molecule has 4 heterocycles. The molecule has 0 aromatic carbocycles. The highest BCUT2D eigenvalue weighted by molar-refractivity contribution is 5.92. The molecule has 0 atom stereocenters. The first kappa shape index (κ1) is 19.2. The first-order chi connectivity index (χ1) is 15.2. The van der Waals surface area contributed by atoms with Crippen LogP contribution in [0.4, 0.5) is 0 Å². The number of hydrogen-bond acceptors (Lipinski definition) is 7. The molecule has 1 fully saturated rings. The molecule has 1 aliphatic carbocycles. The minimum atomic E-state index is -0.449. The Kier molecular flexibility index (Phi) is 5.07. The highest BCUT2D eigenvalue weighted by Crippen LogP contribution is 2.39. The molecule has 5 rings (SSSR count). The van der Waals surface area contributed by atoms with Gasteiger partial charge in [-0.1, -0.05) is 6.07 Å². The number of fused-ring (bicyclic) bond motifs is 2. The van der Waals surface area contributed by atoms with Crippen LogP contribution < -0.4 is 15.4 Å². The minimum Gasteiger partial charge on any atom is -0.493 e. The molecule has 3 N–H and O–H groups in total. The van der Waals surface area contributed by atoms with Crippen LogP contribution in [0.15, 0.2) is 53.8 Å². The van der Waals surface area contributed by atoms with E-state index in [1.807, 2.05) is 22.7 Å². The zero-order valence-corrected chi connectivity index (χ0v) is 17.0. The van der Waals surface area contributed by atoms with E-state index in [2.05, 4.69) is 38.0 Å².